The lowest BCUT2D eigenvalue weighted by Gasteiger charge is -2.19. The zero-order valence-corrected chi connectivity index (χ0v) is 12.1. The van der Waals surface area contributed by atoms with Crippen LogP contribution in [0.15, 0.2) is 6.33 Å². The first-order valence-electron chi connectivity index (χ1n) is 6.84. The van der Waals surface area contributed by atoms with Gasteiger partial charge in [-0.25, -0.2) is 4.98 Å². The average molecular weight is 267 g/mol. The van der Waals surface area contributed by atoms with Gasteiger partial charge in [0.1, 0.15) is 6.33 Å². The summed E-state index contributed by atoms with van der Waals surface area (Å²) in [6.45, 7) is 5.43. The van der Waals surface area contributed by atoms with E-state index in [9.17, 15) is 4.79 Å². The summed E-state index contributed by atoms with van der Waals surface area (Å²) in [7, 11) is 1.80. The van der Waals surface area contributed by atoms with E-state index in [-0.39, 0.29) is 5.91 Å². The molecule has 1 aromatic heterocycles. The number of carbonyl (C=O) groups excluding carboxylic acids is 1. The summed E-state index contributed by atoms with van der Waals surface area (Å²) in [5.41, 5.74) is 5.59. The Morgan fingerprint density at radius 1 is 1.47 bits per heavy atom. The quantitative estimate of drug-likeness (QED) is 0.730. The Balaban J connectivity index is 2.27. The van der Waals surface area contributed by atoms with Gasteiger partial charge in [0.2, 0.25) is 5.91 Å². The first-order chi connectivity index (χ1) is 9.02. The number of aryl methyl sites for hydroxylation is 1. The van der Waals surface area contributed by atoms with Crippen LogP contribution in [-0.2, 0) is 18.4 Å². The van der Waals surface area contributed by atoms with Crippen LogP contribution in [0.3, 0.4) is 0 Å². The summed E-state index contributed by atoms with van der Waals surface area (Å²) < 4.78 is 1.62. The largest absolute Gasteiger partial charge is 0.349 e. The van der Waals surface area contributed by atoms with Crippen molar-refractivity contribution in [3.63, 3.8) is 0 Å². The Hall–Kier alpha value is -1.43. The summed E-state index contributed by atoms with van der Waals surface area (Å²) in [6, 6.07) is 0. The van der Waals surface area contributed by atoms with Crippen LogP contribution < -0.4 is 11.1 Å². The Bertz CT molecular complexity index is 388. The fourth-order valence-electron chi connectivity index (χ4n) is 2.07. The van der Waals surface area contributed by atoms with Crippen LogP contribution in [0.4, 0.5) is 0 Å². The Morgan fingerprint density at radius 2 is 2.21 bits per heavy atom. The highest BCUT2D eigenvalue weighted by atomic mass is 16.1. The van der Waals surface area contributed by atoms with Crippen LogP contribution in [0.1, 0.15) is 38.9 Å². The van der Waals surface area contributed by atoms with E-state index >= 15 is 0 Å². The molecule has 1 amide bonds. The molecule has 1 heterocycles. The van der Waals surface area contributed by atoms with Crippen molar-refractivity contribution < 1.29 is 4.79 Å². The number of nitrogens with one attached hydrogen (secondary N) is 1. The van der Waals surface area contributed by atoms with Crippen LogP contribution in [-0.4, -0.2) is 27.2 Å². The summed E-state index contributed by atoms with van der Waals surface area (Å²) in [6.07, 6.45) is 4.02. The SMILES string of the molecule is CC(C)C(CCN)CCC(=O)NCc1ncn(C)n1. The molecular weight excluding hydrogens is 242 g/mol. The third-order valence-corrected chi connectivity index (χ3v) is 3.31. The molecule has 0 fully saturated rings. The van der Waals surface area contributed by atoms with E-state index < -0.39 is 0 Å². The number of rotatable bonds is 8. The molecular formula is C13H25N5O. The highest BCUT2D eigenvalue weighted by molar-refractivity contribution is 5.75. The van der Waals surface area contributed by atoms with Gasteiger partial charge in [-0.05, 0) is 31.2 Å². The van der Waals surface area contributed by atoms with Crippen molar-refractivity contribution in [2.75, 3.05) is 6.54 Å². The number of aromatic nitrogens is 3. The zero-order chi connectivity index (χ0) is 14.3. The summed E-state index contributed by atoms with van der Waals surface area (Å²) in [4.78, 5) is 15.8. The van der Waals surface area contributed by atoms with Crippen LogP contribution in [0, 0.1) is 11.8 Å². The molecule has 0 spiro atoms. The maximum Gasteiger partial charge on any atom is 0.220 e. The van der Waals surface area contributed by atoms with E-state index in [1.165, 1.54) is 0 Å². The number of amides is 1. The van der Waals surface area contributed by atoms with Crippen molar-refractivity contribution in [1.82, 2.24) is 20.1 Å². The molecule has 0 radical (unpaired) electrons. The highest BCUT2D eigenvalue weighted by Crippen LogP contribution is 2.20. The van der Waals surface area contributed by atoms with Crippen molar-refractivity contribution in [2.45, 2.75) is 39.7 Å². The van der Waals surface area contributed by atoms with E-state index in [0.717, 1.165) is 12.8 Å². The monoisotopic (exact) mass is 267 g/mol. The average Bonchev–Trinajstić information content (AvgIpc) is 2.77. The summed E-state index contributed by atoms with van der Waals surface area (Å²) in [5, 5.41) is 6.95. The number of nitrogens with zero attached hydrogens (tertiary/aromatic N) is 3. The van der Waals surface area contributed by atoms with Crippen molar-refractivity contribution in [2.24, 2.45) is 24.6 Å². The Labute approximate surface area is 114 Å². The molecule has 19 heavy (non-hydrogen) atoms. The molecule has 0 saturated heterocycles. The first kappa shape index (κ1) is 15.6. The van der Waals surface area contributed by atoms with Gasteiger partial charge < -0.3 is 11.1 Å². The van der Waals surface area contributed by atoms with Crippen LogP contribution in [0.5, 0.6) is 0 Å². The molecule has 6 nitrogen and oxygen atoms in total. The number of nitrogens with two attached hydrogens (primary N) is 1. The van der Waals surface area contributed by atoms with Crippen molar-refractivity contribution in [3.8, 4) is 0 Å². The second-order valence-electron chi connectivity index (χ2n) is 5.23. The normalized spacial score (nSPS) is 12.7. The number of carbonyl (C=O) groups is 1. The smallest absolute Gasteiger partial charge is 0.220 e. The lowest BCUT2D eigenvalue weighted by atomic mass is 9.88. The zero-order valence-electron chi connectivity index (χ0n) is 12.1. The van der Waals surface area contributed by atoms with Crippen LogP contribution in [0.25, 0.3) is 0 Å². The predicted octanol–water partition coefficient (Wildman–Crippen LogP) is 0.833. The van der Waals surface area contributed by atoms with Gasteiger partial charge >= 0.3 is 0 Å². The van der Waals surface area contributed by atoms with E-state index in [1.54, 1.807) is 18.1 Å². The lowest BCUT2D eigenvalue weighted by molar-refractivity contribution is -0.121. The van der Waals surface area contributed by atoms with Crippen molar-refractivity contribution in [3.05, 3.63) is 12.2 Å². The van der Waals surface area contributed by atoms with E-state index in [4.69, 9.17) is 5.73 Å². The molecule has 1 unspecified atom stereocenters. The molecule has 1 atom stereocenters. The van der Waals surface area contributed by atoms with Gasteiger partial charge in [-0.1, -0.05) is 13.8 Å². The van der Waals surface area contributed by atoms with Gasteiger partial charge in [0.15, 0.2) is 5.82 Å². The molecule has 6 heteroatoms. The summed E-state index contributed by atoms with van der Waals surface area (Å²) >= 11 is 0. The number of hydrogen-bond donors (Lipinski definition) is 2. The Kier molecular flexibility index (Phi) is 6.49. The minimum absolute atomic E-state index is 0.0510. The van der Waals surface area contributed by atoms with Gasteiger partial charge in [0.05, 0.1) is 6.54 Å². The van der Waals surface area contributed by atoms with Crippen molar-refractivity contribution in [1.29, 1.82) is 0 Å². The topological polar surface area (TPSA) is 85.8 Å². The van der Waals surface area contributed by atoms with Crippen LogP contribution in [0.2, 0.25) is 0 Å². The maximum atomic E-state index is 11.7. The van der Waals surface area contributed by atoms with Gasteiger partial charge in [-0.15, -0.1) is 0 Å². The second kappa shape index (κ2) is 7.89. The van der Waals surface area contributed by atoms with Gasteiger partial charge in [-0.2, -0.15) is 5.10 Å². The predicted molar refractivity (Wildman–Crippen MR) is 74.1 cm³/mol. The molecule has 0 aliphatic heterocycles. The third-order valence-electron chi connectivity index (χ3n) is 3.31. The van der Waals surface area contributed by atoms with E-state index in [0.29, 0.717) is 37.2 Å². The number of hydrogen-bond acceptors (Lipinski definition) is 4. The fraction of sp³-hybridized carbons (Fsp3) is 0.769. The minimum atomic E-state index is 0.0510. The molecule has 1 aromatic rings. The molecule has 1 rings (SSSR count). The first-order valence-corrected chi connectivity index (χ1v) is 6.84. The van der Waals surface area contributed by atoms with Crippen LogP contribution >= 0.6 is 0 Å². The molecule has 0 aliphatic carbocycles. The molecule has 3 N–H and O–H groups in total. The third kappa shape index (κ3) is 5.83. The van der Waals surface area contributed by atoms with Gasteiger partial charge in [0.25, 0.3) is 0 Å². The molecule has 0 bridgehead atoms. The van der Waals surface area contributed by atoms with E-state index in [1.807, 2.05) is 0 Å². The lowest BCUT2D eigenvalue weighted by Crippen LogP contribution is -2.25. The summed E-state index contributed by atoms with van der Waals surface area (Å²) in [5.74, 6) is 1.77. The Morgan fingerprint density at radius 3 is 2.74 bits per heavy atom. The van der Waals surface area contributed by atoms with Gasteiger partial charge in [-0.3, -0.25) is 9.48 Å². The molecule has 0 aliphatic rings. The standard InChI is InChI=1S/C13H25N5O/c1-10(2)11(6-7-14)4-5-13(19)15-8-12-16-9-18(3)17-12/h9-11H,4-8,14H2,1-3H3,(H,15,19). The molecule has 108 valence electrons. The highest BCUT2D eigenvalue weighted by Gasteiger charge is 2.14. The maximum absolute atomic E-state index is 11.7. The fourth-order valence-corrected chi connectivity index (χ4v) is 2.07. The van der Waals surface area contributed by atoms with E-state index in [2.05, 4.69) is 29.2 Å². The molecule has 0 saturated carbocycles. The van der Waals surface area contributed by atoms with Gasteiger partial charge in [0, 0.05) is 13.5 Å². The molecule has 0 aromatic carbocycles. The second-order valence-corrected chi connectivity index (χ2v) is 5.23. The minimum Gasteiger partial charge on any atom is -0.349 e. The van der Waals surface area contributed by atoms with Crippen molar-refractivity contribution >= 4 is 5.91 Å².